The number of carbonyl (C=O) groups excluding carboxylic acids is 1. The number of carbonyl (C=O) groups is 1. The number of ketones is 1. The van der Waals surface area contributed by atoms with E-state index < -0.39 is 0 Å². The number of hydrogen-bond donors (Lipinski definition) is 0. The van der Waals surface area contributed by atoms with Crippen LogP contribution in [0.25, 0.3) is 6.08 Å². The van der Waals surface area contributed by atoms with Gasteiger partial charge in [-0.15, -0.1) is 11.8 Å². The fourth-order valence-corrected chi connectivity index (χ4v) is 3.53. The molecule has 1 aliphatic rings. The van der Waals surface area contributed by atoms with Gasteiger partial charge in [-0.25, -0.2) is 0 Å². The van der Waals surface area contributed by atoms with E-state index in [2.05, 4.69) is 15.9 Å². The second-order valence-corrected chi connectivity index (χ2v) is 6.70. The fraction of sp³-hybridized carbons (Fsp3) is 0.118. The van der Waals surface area contributed by atoms with Crippen LogP contribution in [0.2, 0.25) is 0 Å². The third kappa shape index (κ3) is 2.89. The molecule has 1 aliphatic heterocycles. The van der Waals surface area contributed by atoms with E-state index in [0.29, 0.717) is 0 Å². The molecule has 2 aromatic carbocycles. The number of rotatable bonds is 1. The summed E-state index contributed by atoms with van der Waals surface area (Å²) in [6.45, 7) is 0. The lowest BCUT2D eigenvalue weighted by Crippen LogP contribution is -2.02. The van der Waals surface area contributed by atoms with Gasteiger partial charge in [0, 0.05) is 26.3 Å². The summed E-state index contributed by atoms with van der Waals surface area (Å²) in [5, 5.41) is 0. The first-order valence-corrected chi connectivity index (χ1v) is 8.24. The van der Waals surface area contributed by atoms with E-state index >= 15 is 0 Å². The molecular weight excluding hydrogens is 332 g/mol. The topological polar surface area (TPSA) is 17.1 Å². The molecule has 100 valence electrons. The lowest BCUT2D eigenvalue weighted by molar-refractivity contribution is 0.103. The molecule has 2 aromatic rings. The molecule has 1 heterocycles. The van der Waals surface area contributed by atoms with Crippen LogP contribution in [0.15, 0.2) is 63.5 Å². The summed E-state index contributed by atoms with van der Waals surface area (Å²) in [6.07, 6.45) is 2.83. The Morgan fingerprint density at radius 2 is 1.80 bits per heavy atom. The van der Waals surface area contributed by atoms with Crippen molar-refractivity contribution < 1.29 is 4.79 Å². The summed E-state index contributed by atoms with van der Waals surface area (Å²) in [5.74, 6) is 1.11. The number of Topliss-reactive ketones (excluding diaryl/α,β-unsaturated/α-hetero) is 1. The third-order valence-electron chi connectivity index (χ3n) is 3.26. The predicted molar refractivity (Wildman–Crippen MR) is 88.2 cm³/mol. The summed E-state index contributed by atoms with van der Waals surface area (Å²) in [7, 11) is 0. The highest BCUT2D eigenvalue weighted by Crippen LogP contribution is 2.31. The molecule has 0 bridgehead atoms. The summed E-state index contributed by atoms with van der Waals surface area (Å²) in [5.41, 5.74) is 2.80. The van der Waals surface area contributed by atoms with E-state index in [0.717, 1.165) is 38.2 Å². The van der Waals surface area contributed by atoms with Gasteiger partial charge < -0.3 is 0 Å². The normalized spacial score (nSPS) is 16.9. The molecule has 0 unspecified atom stereocenters. The number of fused-ring (bicyclic) bond motifs is 1. The molecule has 0 spiro atoms. The van der Waals surface area contributed by atoms with Crippen LogP contribution in [0.4, 0.5) is 0 Å². The largest absolute Gasteiger partial charge is 0.289 e. The van der Waals surface area contributed by atoms with Crippen molar-refractivity contribution in [3.05, 3.63) is 69.7 Å². The maximum Gasteiger partial charge on any atom is 0.190 e. The average Bonchev–Trinajstić information content (AvgIpc) is 2.62. The predicted octanol–water partition coefficient (Wildman–Crippen LogP) is 5.21. The van der Waals surface area contributed by atoms with Crippen molar-refractivity contribution >= 4 is 39.6 Å². The molecule has 0 radical (unpaired) electrons. The van der Waals surface area contributed by atoms with Crippen LogP contribution in [0, 0.1) is 0 Å². The molecule has 0 aliphatic carbocycles. The lowest BCUT2D eigenvalue weighted by atomic mass is 9.99. The van der Waals surface area contributed by atoms with Gasteiger partial charge in [-0.3, -0.25) is 4.79 Å². The van der Waals surface area contributed by atoms with Crippen LogP contribution in [0.5, 0.6) is 0 Å². The molecule has 3 heteroatoms. The van der Waals surface area contributed by atoms with Gasteiger partial charge in [-0.1, -0.05) is 40.2 Å². The van der Waals surface area contributed by atoms with Gasteiger partial charge in [0.1, 0.15) is 0 Å². The first kappa shape index (κ1) is 13.7. The van der Waals surface area contributed by atoms with E-state index in [1.807, 2.05) is 54.6 Å². The zero-order chi connectivity index (χ0) is 13.9. The highest BCUT2D eigenvalue weighted by molar-refractivity contribution is 9.10. The molecule has 3 rings (SSSR count). The Kier molecular flexibility index (Phi) is 4.08. The minimum atomic E-state index is 0.161. The Hall–Kier alpha value is -1.32. The average molecular weight is 345 g/mol. The molecule has 20 heavy (non-hydrogen) atoms. The highest BCUT2D eigenvalue weighted by Gasteiger charge is 2.19. The Morgan fingerprint density at radius 3 is 2.60 bits per heavy atom. The Bertz CT molecular complexity index is 674. The van der Waals surface area contributed by atoms with E-state index in [-0.39, 0.29) is 5.78 Å². The van der Waals surface area contributed by atoms with Gasteiger partial charge in [0.25, 0.3) is 0 Å². The van der Waals surface area contributed by atoms with Crippen LogP contribution in [-0.4, -0.2) is 11.5 Å². The molecule has 0 saturated carbocycles. The van der Waals surface area contributed by atoms with Crippen molar-refractivity contribution in [2.45, 2.75) is 11.3 Å². The van der Waals surface area contributed by atoms with Crippen molar-refractivity contribution in [2.24, 2.45) is 0 Å². The number of benzene rings is 2. The Labute approximate surface area is 131 Å². The van der Waals surface area contributed by atoms with Crippen molar-refractivity contribution in [1.29, 1.82) is 0 Å². The zero-order valence-corrected chi connectivity index (χ0v) is 13.2. The van der Waals surface area contributed by atoms with Crippen molar-refractivity contribution in [3.63, 3.8) is 0 Å². The minimum absolute atomic E-state index is 0.161. The summed E-state index contributed by atoms with van der Waals surface area (Å²) >= 11 is 5.19. The van der Waals surface area contributed by atoms with Crippen LogP contribution in [0.1, 0.15) is 22.3 Å². The van der Waals surface area contributed by atoms with E-state index in [1.165, 1.54) is 0 Å². The molecule has 0 atom stereocenters. The van der Waals surface area contributed by atoms with Gasteiger partial charge in [-0.05, 0) is 42.3 Å². The minimum Gasteiger partial charge on any atom is -0.289 e. The lowest BCUT2D eigenvalue weighted by Gasteiger charge is -2.04. The third-order valence-corrected chi connectivity index (χ3v) is 4.87. The monoisotopic (exact) mass is 344 g/mol. The first-order valence-electron chi connectivity index (χ1n) is 6.47. The van der Waals surface area contributed by atoms with E-state index in [1.54, 1.807) is 11.8 Å². The molecule has 0 saturated heterocycles. The first-order chi connectivity index (χ1) is 9.74. The standard InChI is InChI=1S/C17H13BrOS/c18-14-7-5-12(6-8-14)11-13-9-10-20-16-4-2-1-3-15(16)17(13)19/h1-8,11H,9-10H2/b13-11+. The molecule has 0 amide bonds. The van der Waals surface area contributed by atoms with E-state index in [9.17, 15) is 4.79 Å². The molecule has 0 aromatic heterocycles. The van der Waals surface area contributed by atoms with Gasteiger partial charge in [0.05, 0.1) is 0 Å². The Balaban J connectivity index is 1.98. The second kappa shape index (κ2) is 5.98. The molecule has 1 nitrogen and oxygen atoms in total. The number of halogens is 1. The highest BCUT2D eigenvalue weighted by atomic mass is 79.9. The summed E-state index contributed by atoms with van der Waals surface area (Å²) in [6, 6.07) is 15.9. The van der Waals surface area contributed by atoms with Crippen LogP contribution >= 0.6 is 27.7 Å². The number of hydrogen-bond acceptors (Lipinski definition) is 2. The molecule has 0 N–H and O–H groups in total. The van der Waals surface area contributed by atoms with Gasteiger partial charge in [0.2, 0.25) is 0 Å². The van der Waals surface area contributed by atoms with Crippen LogP contribution in [-0.2, 0) is 0 Å². The van der Waals surface area contributed by atoms with Crippen molar-refractivity contribution in [1.82, 2.24) is 0 Å². The number of allylic oxidation sites excluding steroid dienone is 1. The van der Waals surface area contributed by atoms with Crippen LogP contribution < -0.4 is 0 Å². The summed E-state index contributed by atoms with van der Waals surface area (Å²) in [4.78, 5) is 13.7. The van der Waals surface area contributed by atoms with Gasteiger partial charge in [0.15, 0.2) is 5.78 Å². The molecular formula is C17H13BrOS. The quantitative estimate of drug-likeness (QED) is 0.660. The van der Waals surface area contributed by atoms with Crippen molar-refractivity contribution in [2.75, 3.05) is 5.75 Å². The smallest absolute Gasteiger partial charge is 0.190 e. The van der Waals surface area contributed by atoms with E-state index in [4.69, 9.17) is 0 Å². The number of thioether (sulfide) groups is 1. The fourth-order valence-electron chi connectivity index (χ4n) is 2.24. The second-order valence-electron chi connectivity index (χ2n) is 4.64. The molecule has 0 fully saturated rings. The van der Waals surface area contributed by atoms with Crippen LogP contribution in [0.3, 0.4) is 0 Å². The Morgan fingerprint density at radius 1 is 1.05 bits per heavy atom. The SMILES string of the molecule is O=C1/C(=C/c2ccc(Br)cc2)CCSc2ccccc21. The summed E-state index contributed by atoms with van der Waals surface area (Å²) < 4.78 is 1.05. The van der Waals surface area contributed by atoms with Gasteiger partial charge in [-0.2, -0.15) is 0 Å². The van der Waals surface area contributed by atoms with Gasteiger partial charge >= 0.3 is 0 Å². The maximum atomic E-state index is 12.6. The maximum absolute atomic E-state index is 12.6. The van der Waals surface area contributed by atoms with Crippen molar-refractivity contribution in [3.8, 4) is 0 Å². The zero-order valence-electron chi connectivity index (χ0n) is 10.8.